The van der Waals surface area contributed by atoms with E-state index in [1.54, 1.807) is 25.4 Å². The Morgan fingerprint density at radius 1 is 0.971 bits per heavy atom. The van der Waals surface area contributed by atoms with Gasteiger partial charge in [-0.25, -0.2) is 9.78 Å². The van der Waals surface area contributed by atoms with Crippen LogP contribution in [0.4, 0.5) is 17.2 Å². The summed E-state index contributed by atoms with van der Waals surface area (Å²) in [6, 6.07) is 20.0. The highest BCUT2D eigenvalue weighted by Gasteiger charge is 2.23. The number of aromatic nitrogens is 1. The van der Waals surface area contributed by atoms with Gasteiger partial charge in [0.15, 0.2) is 0 Å². The van der Waals surface area contributed by atoms with Crippen molar-refractivity contribution in [3.8, 4) is 5.75 Å². The smallest absolute Gasteiger partial charge is 0.342 e. The van der Waals surface area contributed by atoms with Crippen LogP contribution in [0.3, 0.4) is 0 Å². The van der Waals surface area contributed by atoms with Crippen LogP contribution in [-0.2, 0) is 11.3 Å². The lowest BCUT2D eigenvalue weighted by molar-refractivity contribution is 0.0378. The van der Waals surface area contributed by atoms with Crippen molar-refractivity contribution < 1.29 is 14.3 Å². The van der Waals surface area contributed by atoms with Gasteiger partial charge in [0, 0.05) is 50.3 Å². The van der Waals surface area contributed by atoms with Crippen LogP contribution < -0.4 is 15.0 Å². The van der Waals surface area contributed by atoms with E-state index in [1.807, 2.05) is 38.1 Å². The first-order chi connectivity index (χ1) is 16.5. The Kier molecular flexibility index (Phi) is 7.65. The molecule has 7 nitrogen and oxygen atoms in total. The number of ether oxygens (including phenoxy) is 2. The number of pyridine rings is 1. The number of esters is 1. The molecule has 1 saturated heterocycles. The van der Waals surface area contributed by atoms with Gasteiger partial charge in [-0.1, -0.05) is 12.1 Å². The van der Waals surface area contributed by atoms with E-state index in [0.29, 0.717) is 11.4 Å². The first-order valence-corrected chi connectivity index (χ1v) is 11.6. The molecule has 7 heteroatoms. The summed E-state index contributed by atoms with van der Waals surface area (Å²) in [7, 11) is 1.67. The van der Waals surface area contributed by atoms with Crippen LogP contribution in [0.5, 0.6) is 5.75 Å². The van der Waals surface area contributed by atoms with Gasteiger partial charge < -0.3 is 19.7 Å². The van der Waals surface area contributed by atoms with Crippen molar-refractivity contribution in [1.82, 2.24) is 9.88 Å². The largest absolute Gasteiger partial charge is 0.497 e. The number of methoxy groups -OCH3 is 1. The molecule has 2 aromatic carbocycles. The van der Waals surface area contributed by atoms with E-state index in [1.165, 1.54) is 5.56 Å². The second kappa shape index (κ2) is 11.0. The van der Waals surface area contributed by atoms with Gasteiger partial charge in [0.25, 0.3) is 0 Å². The van der Waals surface area contributed by atoms with E-state index >= 15 is 0 Å². The van der Waals surface area contributed by atoms with Crippen molar-refractivity contribution in [3.05, 3.63) is 78.0 Å². The summed E-state index contributed by atoms with van der Waals surface area (Å²) in [5.74, 6) is 1.24. The predicted molar refractivity (Wildman–Crippen MR) is 135 cm³/mol. The van der Waals surface area contributed by atoms with E-state index in [2.05, 4.69) is 44.4 Å². The Labute approximate surface area is 201 Å². The van der Waals surface area contributed by atoms with Gasteiger partial charge in [-0.2, -0.15) is 0 Å². The molecule has 1 aliphatic heterocycles. The Bertz CT molecular complexity index is 1080. The molecule has 34 heavy (non-hydrogen) atoms. The standard InChI is InChI=1S/C27H32N4O3/c1-20(2)34-27(32)25-5-4-14-28-26(25)31-17-15-30(16-18-31)19-21-6-8-22(9-7-21)29-23-10-12-24(33-3)13-11-23/h4-14,20,29H,15-19H2,1-3H3. The molecule has 0 spiro atoms. The molecule has 3 aromatic rings. The van der Waals surface area contributed by atoms with Gasteiger partial charge in [-0.05, 0) is 67.9 Å². The van der Waals surface area contributed by atoms with Gasteiger partial charge in [0.1, 0.15) is 17.1 Å². The normalized spacial score (nSPS) is 14.2. The summed E-state index contributed by atoms with van der Waals surface area (Å²) in [4.78, 5) is 21.6. The van der Waals surface area contributed by atoms with Gasteiger partial charge in [0.2, 0.25) is 0 Å². The summed E-state index contributed by atoms with van der Waals surface area (Å²) < 4.78 is 10.6. The Balaban J connectivity index is 1.31. The maximum atomic E-state index is 12.5. The zero-order valence-corrected chi connectivity index (χ0v) is 20.0. The average Bonchev–Trinajstić information content (AvgIpc) is 2.86. The number of hydrogen-bond acceptors (Lipinski definition) is 7. The predicted octanol–water partition coefficient (Wildman–Crippen LogP) is 4.72. The van der Waals surface area contributed by atoms with Gasteiger partial charge in [0.05, 0.1) is 13.2 Å². The Morgan fingerprint density at radius 3 is 2.24 bits per heavy atom. The van der Waals surface area contributed by atoms with Crippen molar-refractivity contribution in [2.24, 2.45) is 0 Å². The average molecular weight is 461 g/mol. The summed E-state index contributed by atoms with van der Waals surface area (Å²) in [5.41, 5.74) is 3.88. The molecular formula is C27H32N4O3. The topological polar surface area (TPSA) is 66.9 Å². The first kappa shape index (κ1) is 23.6. The highest BCUT2D eigenvalue weighted by atomic mass is 16.5. The van der Waals surface area contributed by atoms with E-state index in [-0.39, 0.29) is 12.1 Å². The molecule has 4 rings (SSSR count). The van der Waals surface area contributed by atoms with Crippen molar-refractivity contribution in [3.63, 3.8) is 0 Å². The van der Waals surface area contributed by atoms with E-state index in [9.17, 15) is 4.79 Å². The maximum absolute atomic E-state index is 12.5. The number of carbonyl (C=O) groups excluding carboxylic acids is 1. The monoisotopic (exact) mass is 460 g/mol. The van der Waals surface area contributed by atoms with Gasteiger partial charge in [-0.3, -0.25) is 4.90 Å². The molecular weight excluding hydrogens is 428 g/mol. The molecule has 0 saturated carbocycles. The second-order valence-electron chi connectivity index (χ2n) is 8.64. The quantitative estimate of drug-likeness (QED) is 0.488. The first-order valence-electron chi connectivity index (χ1n) is 11.6. The molecule has 0 atom stereocenters. The van der Waals surface area contributed by atoms with Crippen molar-refractivity contribution in [2.75, 3.05) is 43.5 Å². The molecule has 1 aliphatic rings. The summed E-state index contributed by atoms with van der Waals surface area (Å²) in [6.07, 6.45) is 1.57. The number of nitrogens with one attached hydrogen (secondary N) is 1. The number of carbonyl (C=O) groups is 1. The molecule has 178 valence electrons. The van der Waals surface area contributed by atoms with E-state index < -0.39 is 0 Å². The van der Waals surface area contributed by atoms with Crippen LogP contribution in [0, 0.1) is 0 Å². The third kappa shape index (κ3) is 6.05. The van der Waals surface area contributed by atoms with Crippen molar-refractivity contribution in [2.45, 2.75) is 26.5 Å². The lowest BCUT2D eigenvalue weighted by atomic mass is 10.1. The minimum absolute atomic E-state index is 0.157. The van der Waals surface area contributed by atoms with Crippen LogP contribution in [0.2, 0.25) is 0 Å². The van der Waals surface area contributed by atoms with E-state index in [4.69, 9.17) is 9.47 Å². The van der Waals surface area contributed by atoms with Crippen LogP contribution in [0.1, 0.15) is 29.8 Å². The molecule has 1 N–H and O–H groups in total. The zero-order chi connectivity index (χ0) is 23.9. The molecule has 0 bridgehead atoms. The highest BCUT2D eigenvalue weighted by molar-refractivity contribution is 5.94. The lowest BCUT2D eigenvalue weighted by Gasteiger charge is -2.36. The molecule has 0 radical (unpaired) electrons. The number of benzene rings is 2. The van der Waals surface area contributed by atoms with Gasteiger partial charge >= 0.3 is 5.97 Å². The minimum atomic E-state index is -0.316. The SMILES string of the molecule is COc1ccc(Nc2ccc(CN3CCN(c4ncccc4C(=O)OC(C)C)CC3)cc2)cc1. The van der Waals surface area contributed by atoms with Crippen LogP contribution in [-0.4, -0.2) is 55.2 Å². The van der Waals surface area contributed by atoms with Crippen molar-refractivity contribution >= 4 is 23.2 Å². The number of nitrogens with zero attached hydrogens (tertiary/aromatic N) is 3. The van der Waals surface area contributed by atoms with E-state index in [0.717, 1.165) is 49.8 Å². The second-order valence-corrected chi connectivity index (χ2v) is 8.64. The zero-order valence-electron chi connectivity index (χ0n) is 20.0. The third-order valence-corrected chi connectivity index (χ3v) is 5.76. The molecule has 0 unspecified atom stereocenters. The molecule has 0 aliphatic carbocycles. The summed E-state index contributed by atoms with van der Waals surface area (Å²) in [6.45, 7) is 8.04. The molecule has 1 fully saturated rings. The molecule has 0 amide bonds. The fourth-order valence-electron chi connectivity index (χ4n) is 4.00. The molecule has 2 heterocycles. The van der Waals surface area contributed by atoms with Gasteiger partial charge in [-0.15, -0.1) is 0 Å². The summed E-state index contributed by atoms with van der Waals surface area (Å²) >= 11 is 0. The summed E-state index contributed by atoms with van der Waals surface area (Å²) in [5, 5.41) is 3.42. The highest BCUT2D eigenvalue weighted by Crippen LogP contribution is 2.23. The van der Waals surface area contributed by atoms with Crippen LogP contribution in [0.25, 0.3) is 0 Å². The number of rotatable bonds is 8. The Morgan fingerprint density at radius 2 is 1.62 bits per heavy atom. The third-order valence-electron chi connectivity index (χ3n) is 5.76. The number of hydrogen-bond donors (Lipinski definition) is 1. The Hall–Kier alpha value is -3.58. The van der Waals surface area contributed by atoms with Crippen molar-refractivity contribution in [1.29, 1.82) is 0 Å². The molecule has 1 aromatic heterocycles. The van der Waals surface area contributed by atoms with Crippen LogP contribution in [0.15, 0.2) is 66.9 Å². The lowest BCUT2D eigenvalue weighted by Crippen LogP contribution is -2.46. The number of piperazine rings is 1. The van der Waals surface area contributed by atoms with Crippen LogP contribution >= 0.6 is 0 Å². The fourth-order valence-corrected chi connectivity index (χ4v) is 4.00. The number of anilines is 3. The fraction of sp³-hybridized carbons (Fsp3) is 0.333. The maximum Gasteiger partial charge on any atom is 0.342 e. The minimum Gasteiger partial charge on any atom is -0.497 e.